The lowest BCUT2D eigenvalue weighted by Crippen LogP contribution is -2.57. The van der Waals surface area contributed by atoms with Crippen LogP contribution in [0.15, 0.2) is 9.98 Å². The van der Waals surface area contributed by atoms with E-state index in [9.17, 15) is 19.4 Å². The number of aliphatic hydroxyl groups excluding tert-OH is 1. The standard InChI is InChI=1S/C10H14N5O7P/c11-10-13-7-4(8(17)14-10)12-2-15(7)9-5(16)6-3(21-9)1-20-23(18,19)22-6/h2-7,9,16H,1H2,(H,18,19)(H3,11,13,14,17). The molecule has 4 rings (SSSR count). The number of hydrogen-bond acceptors (Lipinski definition) is 10. The number of nitrogens with one attached hydrogen (secondary N) is 1. The predicted molar refractivity (Wildman–Crippen MR) is 73.0 cm³/mol. The molecule has 4 heterocycles. The van der Waals surface area contributed by atoms with Crippen LogP contribution >= 0.6 is 7.82 Å². The van der Waals surface area contributed by atoms with Gasteiger partial charge in [-0.05, 0) is 0 Å². The summed E-state index contributed by atoms with van der Waals surface area (Å²) in [5.74, 6) is -0.471. The summed E-state index contributed by atoms with van der Waals surface area (Å²) in [7, 11) is -4.20. The molecule has 0 aromatic rings. The van der Waals surface area contributed by atoms with Crippen molar-refractivity contribution in [3.8, 4) is 0 Å². The van der Waals surface area contributed by atoms with Gasteiger partial charge in [-0.25, -0.2) is 9.56 Å². The smallest absolute Gasteiger partial charge is 0.386 e. The minimum Gasteiger partial charge on any atom is -0.386 e. The normalized spacial score (nSPS) is 48.7. The third kappa shape index (κ3) is 2.35. The van der Waals surface area contributed by atoms with Crippen LogP contribution in [0.1, 0.15) is 0 Å². The molecule has 5 N–H and O–H groups in total. The fourth-order valence-corrected chi connectivity index (χ4v) is 3.94. The Hall–Kier alpha value is -1.56. The highest BCUT2D eigenvalue weighted by atomic mass is 31.2. The molecule has 4 aliphatic rings. The van der Waals surface area contributed by atoms with Gasteiger partial charge in [0.2, 0.25) is 0 Å². The Morgan fingerprint density at radius 3 is 3.09 bits per heavy atom. The van der Waals surface area contributed by atoms with Crippen LogP contribution in [0.2, 0.25) is 0 Å². The summed E-state index contributed by atoms with van der Waals surface area (Å²) in [6.07, 6.45) is -3.40. The number of nitrogens with zero attached hydrogens (tertiary/aromatic N) is 3. The second kappa shape index (κ2) is 4.97. The number of phosphoric acid groups is 1. The van der Waals surface area contributed by atoms with Crippen molar-refractivity contribution in [3.63, 3.8) is 0 Å². The van der Waals surface area contributed by atoms with E-state index in [1.54, 1.807) is 0 Å². The molecular formula is C10H14N5O7P. The molecule has 13 heteroatoms. The van der Waals surface area contributed by atoms with Gasteiger partial charge in [-0.15, -0.1) is 0 Å². The average Bonchev–Trinajstić information content (AvgIpc) is 3.00. The van der Waals surface area contributed by atoms with Crippen LogP contribution in [-0.4, -0.2) is 76.5 Å². The molecule has 0 aromatic carbocycles. The van der Waals surface area contributed by atoms with Crippen molar-refractivity contribution >= 4 is 26.0 Å². The van der Waals surface area contributed by atoms with Crippen LogP contribution in [0.3, 0.4) is 0 Å². The van der Waals surface area contributed by atoms with Crippen molar-refractivity contribution < 1.29 is 33.1 Å². The first kappa shape index (κ1) is 15.0. The molecule has 0 bridgehead atoms. The number of aliphatic hydroxyl groups is 1. The Balaban J connectivity index is 1.58. The molecule has 0 aliphatic carbocycles. The number of nitrogens with two attached hydrogens (primary N) is 1. The van der Waals surface area contributed by atoms with Gasteiger partial charge in [-0.2, -0.15) is 0 Å². The predicted octanol–water partition coefficient (Wildman–Crippen LogP) is -2.93. The fourth-order valence-electron chi connectivity index (χ4n) is 2.97. The Kier molecular flexibility index (Phi) is 3.24. The van der Waals surface area contributed by atoms with Gasteiger partial charge < -0.3 is 25.4 Å². The molecule has 0 aromatic heterocycles. The van der Waals surface area contributed by atoms with Gasteiger partial charge in [0.15, 0.2) is 24.4 Å². The maximum atomic E-state index is 11.8. The number of amides is 1. The van der Waals surface area contributed by atoms with E-state index in [1.165, 1.54) is 11.2 Å². The molecule has 0 spiro atoms. The average molecular weight is 347 g/mol. The van der Waals surface area contributed by atoms with E-state index in [0.29, 0.717) is 0 Å². The van der Waals surface area contributed by atoms with E-state index < -0.39 is 50.5 Å². The Morgan fingerprint density at radius 1 is 1.52 bits per heavy atom. The third-order valence-electron chi connectivity index (χ3n) is 4.00. The molecule has 12 nitrogen and oxygen atoms in total. The maximum Gasteiger partial charge on any atom is 0.472 e. The lowest BCUT2D eigenvalue weighted by atomic mass is 10.1. The number of carbonyl (C=O) groups is 1. The molecule has 0 saturated carbocycles. The van der Waals surface area contributed by atoms with Crippen molar-refractivity contribution in [2.24, 2.45) is 15.7 Å². The third-order valence-corrected chi connectivity index (χ3v) is 4.99. The topological polar surface area (TPSA) is 168 Å². The first-order valence-corrected chi connectivity index (χ1v) is 8.29. The lowest BCUT2D eigenvalue weighted by Gasteiger charge is -2.32. The summed E-state index contributed by atoms with van der Waals surface area (Å²) in [5, 5.41) is 12.7. The van der Waals surface area contributed by atoms with Crippen molar-refractivity contribution in [1.29, 1.82) is 0 Å². The quantitative estimate of drug-likeness (QED) is 0.363. The zero-order valence-corrected chi connectivity index (χ0v) is 12.4. The second-order valence-electron chi connectivity index (χ2n) is 5.46. The van der Waals surface area contributed by atoms with Crippen molar-refractivity contribution in [2.45, 2.75) is 36.7 Å². The summed E-state index contributed by atoms with van der Waals surface area (Å²) < 4.78 is 26.7. The van der Waals surface area contributed by atoms with Gasteiger partial charge in [0.1, 0.15) is 18.3 Å². The number of aliphatic imine (C=N–C) groups is 2. The molecule has 7 atom stereocenters. The Bertz CT molecular complexity index is 656. The molecule has 0 radical (unpaired) electrons. The van der Waals surface area contributed by atoms with Gasteiger partial charge in [0.25, 0.3) is 5.91 Å². The SMILES string of the molecule is NC1=NC2C(N=CN2C2OC3COP(=O)(O)OC3C2O)C(=O)N1. The highest BCUT2D eigenvalue weighted by Crippen LogP contribution is 2.51. The molecule has 2 saturated heterocycles. The zero-order chi connectivity index (χ0) is 16.4. The highest BCUT2D eigenvalue weighted by molar-refractivity contribution is 7.47. The van der Waals surface area contributed by atoms with Gasteiger partial charge in [-0.3, -0.25) is 24.2 Å². The highest BCUT2D eigenvalue weighted by Gasteiger charge is 2.56. The number of carbonyl (C=O) groups excluding carboxylic acids is 1. The summed E-state index contributed by atoms with van der Waals surface area (Å²) in [6.45, 7) is -0.197. The largest absolute Gasteiger partial charge is 0.472 e. The number of guanidine groups is 1. The maximum absolute atomic E-state index is 11.8. The second-order valence-corrected chi connectivity index (χ2v) is 6.87. The number of fused-ring (bicyclic) bond motifs is 2. The first-order chi connectivity index (χ1) is 10.9. The molecule has 126 valence electrons. The number of phosphoric ester groups is 1. The first-order valence-electron chi connectivity index (χ1n) is 6.80. The van der Waals surface area contributed by atoms with Gasteiger partial charge in [0.05, 0.1) is 12.9 Å². The van der Waals surface area contributed by atoms with Crippen molar-refractivity contribution in [1.82, 2.24) is 10.2 Å². The number of rotatable bonds is 1. The van der Waals surface area contributed by atoms with Crippen LogP contribution in [0, 0.1) is 0 Å². The van der Waals surface area contributed by atoms with Crippen LogP contribution in [-0.2, 0) is 23.1 Å². The monoisotopic (exact) mass is 347 g/mol. The van der Waals surface area contributed by atoms with Crippen LogP contribution < -0.4 is 11.1 Å². The van der Waals surface area contributed by atoms with E-state index in [0.717, 1.165) is 0 Å². The molecule has 2 fully saturated rings. The van der Waals surface area contributed by atoms with E-state index in [4.69, 9.17) is 15.0 Å². The fraction of sp³-hybridized carbons (Fsp3) is 0.700. The summed E-state index contributed by atoms with van der Waals surface area (Å²) in [4.78, 5) is 30.8. The van der Waals surface area contributed by atoms with Crippen LogP contribution in [0.25, 0.3) is 0 Å². The molecule has 4 aliphatic heterocycles. The number of ether oxygens (including phenoxy) is 1. The van der Waals surface area contributed by atoms with E-state index >= 15 is 0 Å². The summed E-state index contributed by atoms with van der Waals surface area (Å²) in [6, 6.07) is -0.804. The number of hydrogen-bond donors (Lipinski definition) is 4. The molecule has 1 amide bonds. The van der Waals surface area contributed by atoms with E-state index in [2.05, 4.69) is 19.8 Å². The van der Waals surface area contributed by atoms with Crippen molar-refractivity contribution in [3.05, 3.63) is 0 Å². The van der Waals surface area contributed by atoms with Gasteiger partial charge in [-0.1, -0.05) is 0 Å². The minimum absolute atomic E-state index is 0.0592. The van der Waals surface area contributed by atoms with E-state index in [1.807, 2.05) is 0 Å². The van der Waals surface area contributed by atoms with Crippen molar-refractivity contribution in [2.75, 3.05) is 6.61 Å². The minimum atomic E-state index is -4.20. The Morgan fingerprint density at radius 2 is 2.30 bits per heavy atom. The lowest BCUT2D eigenvalue weighted by molar-refractivity contribution is -0.124. The Labute approximate surface area is 129 Å². The summed E-state index contributed by atoms with van der Waals surface area (Å²) >= 11 is 0. The molecule has 23 heavy (non-hydrogen) atoms. The van der Waals surface area contributed by atoms with Gasteiger partial charge in [0, 0.05) is 0 Å². The van der Waals surface area contributed by atoms with E-state index in [-0.39, 0.29) is 12.6 Å². The molecular weight excluding hydrogens is 333 g/mol. The van der Waals surface area contributed by atoms with Crippen LogP contribution in [0.4, 0.5) is 0 Å². The summed E-state index contributed by atoms with van der Waals surface area (Å²) in [5.41, 5.74) is 5.55. The van der Waals surface area contributed by atoms with Crippen LogP contribution in [0.5, 0.6) is 0 Å². The molecule has 7 unspecified atom stereocenters. The zero-order valence-electron chi connectivity index (χ0n) is 11.6. The van der Waals surface area contributed by atoms with Gasteiger partial charge >= 0.3 is 7.82 Å².